The summed E-state index contributed by atoms with van der Waals surface area (Å²) in [6.45, 7) is 3.30. The molecule has 1 rings (SSSR count). The van der Waals surface area contributed by atoms with Gasteiger partial charge in [-0.25, -0.2) is 0 Å². The highest BCUT2D eigenvalue weighted by atomic mass is 32.2. The fourth-order valence-electron chi connectivity index (χ4n) is 1.29. The van der Waals surface area contributed by atoms with Crippen LogP contribution in [-0.4, -0.2) is 13.0 Å². The predicted molar refractivity (Wildman–Crippen MR) is 56.3 cm³/mol. The molecule has 0 aliphatic carbocycles. The van der Waals surface area contributed by atoms with Crippen LogP contribution in [0, 0.1) is 0 Å². The van der Waals surface area contributed by atoms with E-state index in [4.69, 9.17) is 4.55 Å². The van der Waals surface area contributed by atoms with Crippen LogP contribution in [0.5, 0.6) is 0 Å². The standard InChI is InChI=1S/C10H12O3S/c1-8(2)10(14(11,12)13)9-6-4-3-5-7-9/h3-7H,1-2H3,(H,11,12,13). The molecule has 3 nitrogen and oxygen atoms in total. The Morgan fingerprint density at radius 1 is 1.14 bits per heavy atom. The Morgan fingerprint density at radius 3 is 2.00 bits per heavy atom. The molecule has 0 aliphatic heterocycles. The zero-order chi connectivity index (χ0) is 10.8. The Labute approximate surface area is 83.8 Å². The monoisotopic (exact) mass is 212 g/mol. The van der Waals surface area contributed by atoms with Crippen LogP contribution >= 0.6 is 0 Å². The lowest BCUT2D eigenvalue weighted by atomic mass is 10.1. The van der Waals surface area contributed by atoms with Crippen LogP contribution in [0.3, 0.4) is 0 Å². The number of benzene rings is 1. The summed E-state index contributed by atoms with van der Waals surface area (Å²) >= 11 is 0. The summed E-state index contributed by atoms with van der Waals surface area (Å²) in [5, 5.41) is 0. The predicted octanol–water partition coefficient (Wildman–Crippen LogP) is 2.33. The molecule has 0 saturated heterocycles. The highest BCUT2D eigenvalue weighted by molar-refractivity contribution is 7.95. The first-order valence-electron chi connectivity index (χ1n) is 4.13. The van der Waals surface area contributed by atoms with Gasteiger partial charge in [-0.3, -0.25) is 4.55 Å². The topological polar surface area (TPSA) is 54.4 Å². The molecule has 1 aromatic rings. The Hall–Kier alpha value is -1.13. The third-order valence-corrected chi connectivity index (χ3v) is 2.91. The lowest BCUT2D eigenvalue weighted by Crippen LogP contribution is -2.02. The van der Waals surface area contributed by atoms with E-state index in [1.165, 1.54) is 0 Å². The normalized spacial score (nSPS) is 11.1. The minimum atomic E-state index is -4.14. The van der Waals surface area contributed by atoms with Crippen LogP contribution in [0.4, 0.5) is 0 Å². The van der Waals surface area contributed by atoms with Crippen LogP contribution in [-0.2, 0) is 10.1 Å². The Kier molecular flexibility index (Phi) is 3.08. The van der Waals surface area contributed by atoms with E-state index in [-0.39, 0.29) is 4.91 Å². The maximum atomic E-state index is 11.1. The van der Waals surface area contributed by atoms with E-state index in [1.807, 2.05) is 0 Å². The van der Waals surface area contributed by atoms with Gasteiger partial charge >= 0.3 is 0 Å². The SMILES string of the molecule is CC(C)=C(c1ccccc1)S(=O)(=O)O. The number of hydrogen-bond acceptors (Lipinski definition) is 2. The summed E-state index contributed by atoms with van der Waals surface area (Å²) in [6, 6.07) is 8.54. The lowest BCUT2D eigenvalue weighted by Gasteiger charge is -2.05. The van der Waals surface area contributed by atoms with Crippen LogP contribution in [0.1, 0.15) is 19.4 Å². The fraction of sp³-hybridized carbons (Fsp3) is 0.200. The van der Waals surface area contributed by atoms with Gasteiger partial charge in [0, 0.05) is 0 Å². The van der Waals surface area contributed by atoms with Crippen molar-refractivity contribution < 1.29 is 13.0 Å². The molecule has 0 bridgehead atoms. The van der Waals surface area contributed by atoms with Gasteiger partial charge in [0.1, 0.15) is 0 Å². The second kappa shape index (κ2) is 3.94. The zero-order valence-corrected chi connectivity index (χ0v) is 8.88. The molecule has 0 amide bonds. The van der Waals surface area contributed by atoms with E-state index in [0.29, 0.717) is 11.1 Å². The van der Waals surface area contributed by atoms with E-state index < -0.39 is 10.1 Å². The van der Waals surface area contributed by atoms with Gasteiger partial charge in [0.15, 0.2) is 0 Å². The molecule has 0 fully saturated rings. The van der Waals surface area contributed by atoms with Crippen molar-refractivity contribution in [3.8, 4) is 0 Å². The van der Waals surface area contributed by atoms with Gasteiger partial charge in [-0.2, -0.15) is 8.42 Å². The van der Waals surface area contributed by atoms with Gasteiger partial charge < -0.3 is 0 Å². The molecule has 0 atom stereocenters. The number of allylic oxidation sites excluding steroid dienone is 1. The molecule has 76 valence electrons. The van der Waals surface area contributed by atoms with Crippen LogP contribution in [0.2, 0.25) is 0 Å². The maximum Gasteiger partial charge on any atom is 0.295 e. The maximum absolute atomic E-state index is 11.1. The molecule has 0 heterocycles. The molecular weight excluding hydrogens is 200 g/mol. The summed E-state index contributed by atoms with van der Waals surface area (Å²) in [6.07, 6.45) is 0. The zero-order valence-electron chi connectivity index (χ0n) is 8.06. The van der Waals surface area contributed by atoms with Gasteiger partial charge in [-0.15, -0.1) is 0 Å². The molecule has 0 aliphatic rings. The van der Waals surface area contributed by atoms with Crippen molar-refractivity contribution in [3.05, 3.63) is 41.5 Å². The Bertz CT molecular complexity index is 440. The third kappa shape index (κ3) is 2.43. The molecule has 4 heteroatoms. The molecule has 0 unspecified atom stereocenters. The summed E-state index contributed by atoms with van der Waals surface area (Å²) in [5.41, 5.74) is 1.08. The molecule has 0 saturated carbocycles. The van der Waals surface area contributed by atoms with E-state index in [9.17, 15) is 8.42 Å². The van der Waals surface area contributed by atoms with Crippen LogP contribution in [0.25, 0.3) is 4.91 Å². The van der Waals surface area contributed by atoms with E-state index >= 15 is 0 Å². The minimum Gasteiger partial charge on any atom is -0.282 e. The van der Waals surface area contributed by atoms with Gasteiger partial charge in [-0.05, 0) is 19.4 Å². The molecule has 0 aromatic heterocycles. The summed E-state index contributed by atoms with van der Waals surface area (Å²) in [4.78, 5) is -0.0156. The molecule has 1 N–H and O–H groups in total. The van der Waals surface area contributed by atoms with Gasteiger partial charge in [-0.1, -0.05) is 35.9 Å². The Morgan fingerprint density at radius 2 is 1.64 bits per heavy atom. The lowest BCUT2D eigenvalue weighted by molar-refractivity contribution is 0.496. The summed E-state index contributed by atoms with van der Waals surface area (Å²) < 4.78 is 31.2. The van der Waals surface area contributed by atoms with Crippen molar-refractivity contribution in [2.45, 2.75) is 13.8 Å². The fourth-order valence-corrected chi connectivity index (χ4v) is 2.23. The largest absolute Gasteiger partial charge is 0.295 e. The van der Waals surface area contributed by atoms with Gasteiger partial charge in [0.05, 0.1) is 4.91 Å². The average molecular weight is 212 g/mol. The number of rotatable bonds is 2. The van der Waals surface area contributed by atoms with Crippen LogP contribution < -0.4 is 0 Å². The second-order valence-electron chi connectivity index (χ2n) is 3.17. The summed E-state index contributed by atoms with van der Waals surface area (Å²) in [7, 11) is -4.14. The van der Waals surface area contributed by atoms with Crippen molar-refractivity contribution in [1.29, 1.82) is 0 Å². The van der Waals surface area contributed by atoms with E-state index in [0.717, 1.165) is 0 Å². The van der Waals surface area contributed by atoms with Crippen molar-refractivity contribution in [1.82, 2.24) is 0 Å². The molecular formula is C10H12O3S. The Balaban J connectivity index is 3.39. The number of hydrogen-bond donors (Lipinski definition) is 1. The van der Waals surface area contributed by atoms with Crippen molar-refractivity contribution in [2.75, 3.05) is 0 Å². The smallest absolute Gasteiger partial charge is 0.282 e. The molecule has 0 radical (unpaired) electrons. The molecule has 0 spiro atoms. The average Bonchev–Trinajstić information content (AvgIpc) is 2.02. The highest BCUT2D eigenvalue weighted by Gasteiger charge is 2.16. The first-order valence-corrected chi connectivity index (χ1v) is 5.57. The summed E-state index contributed by atoms with van der Waals surface area (Å²) in [5.74, 6) is 0. The van der Waals surface area contributed by atoms with E-state index in [2.05, 4.69) is 0 Å². The van der Waals surface area contributed by atoms with E-state index in [1.54, 1.807) is 44.2 Å². The van der Waals surface area contributed by atoms with Crippen LogP contribution in [0.15, 0.2) is 35.9 Å². The first-order chi connectivity index (χ1) is 6.43. The van der Waals surface area contributed by atoms with Gasteiger partial charge in [0.25, 0.3) is 10.1 Å². The minimum absolute atomic E-state index is 0.0156. The first kappa shape index (κ1) is 10.9. The van der Waals surface area contributed by atoms with Gasteiger partial charge in [0.2, 0.25) is 0 Å². The quantitative estimate of drug-likeness (QED) is 0.765. The van der Waals surface area contributed by atoms with Crippen molar-refractivity contribution >= 4 is 15.0 Å². The second-order valence-corrected chi connectivity index (χ2v) is 4.53. The molecule has 14 heavy (non-hydrogen) atoms. The third-order valence-electron chi connectivity index (χ3n) is 1.75. The highest BCUT2D eigenvalue weighted by Crippen LogP contribution is 2.23. The van der Waals surface area contributed by atoms with Crippen molar-refractivity contribution in [2.24, 2.45) is 0 Å². The van der Waals surface area contributed by atoms with Crippen molar-refractivity contribution in [3.63, 3.8) is 0 Å². The molecule has 1 aromatic carbocycles.